The molecule has 1 aliphatic heterocycles. The molecule has 1 aliphatic rings. The van der Waals surface area contributed by atoms with Gasteiger partial charge in [-0.15, -0.1) is 10.2 Å². The van der Waals surface area contributed by atoms with Crippen LogP contribution >= 0.6 is 27.7 Å². The van der Waals surface area contributed by atoms with Crippen LogP contribution in [-0.2, 0) is 10.5 Å². The molecule has 0 amide bonds. The average Bonchev–Trinajstić information content (AvgIpc) is 3.13. The van der Waals surface area contributed by atoms with Crippen LogP contribution in [0.5, 0.6) is 0 Å². The molecule has 0 radical (unpaired) electrons. The highest BCUT2D eigenvalue weighted by Gasteiger charge is 2.21. The SMILES string of the molecule is Brc1ccccc1CSc1nnc(N2CCOCC2)n1-c1ccccc1. The van der Waals surface area contributed by atoms with Crippen molar-refractivity contribution >= 4 is 33.6 Å². The van der Waals surface area contributed by atoms with Crippen LogP contribution < -0.4 is 4.90 Å². The zero-order chi connectivity index (χ0) is 17.8. The maximum Gasteiger partial charge on any atom is 0.232 e. The smallest absolute Gasteiger partial charge is 0.232 e. The van der Waals surface area contributed by atoms with E-state index in [2.05, 4.69) is 65.9 Å². The van der Waals surface area contributed by atoms with Gasteiger partial charge in [0, 0.05) is 23.3 Å². The van der Waals surface area contributed by atoms with E-state index in [0.29, 0.717) is 0 Å². The van der Waals surface area contributed by atoms with Gasteiger partial charge >= 0.3 is 0 Å². The minimum Gasteiger partial charge on any atom is -0.378 e. The number of rotatable bonds is 5. The minimum absolute atomic E-state index is 0.723. The van der Waals surface area contributed by atoms with Crippen molar-refractivity contribution in [3.8, 4) is 5.69 Å². The van der Waals surface area contributed by atoms with Gasteiger partial charge in [-0.05, 0) is 23.8 Å². The summed E-state index contributed by atoms with van der Waals surface area (Å²) in [5, 5.41) is 9.89. The normalized spacial score (nSPS) is 14.6. The molecule has 0 unspecified atom stereocenters. The van der Waals surface area contributed by atoms with Crippen LogP contribution in [-0.4, -0.2) is 41.1 Å². The second kappa shape index (κ2) is 8.24. The Morgan fingerprint density at radius 3 is 2.46 bits per heavy atom. The Hall–Kier alpha value is -1.83. The lowest BCUT2D eigenvalue weighted by Crippen LogP contribution is -2.37. The number of thioether (sulfide) groups is 1. The molecular weight excluding hydrogens is 412 g/mol. The average molecular weight is 431 g/mol. The van der Waals surface area contributed by atoms with Gasteiger partial charge in [0.1, 0.15) is 0 Å². The van der Waals surface area contributed by atoms with Gasteiger partial charge in [0.2, 0.25) is 5.95 Å². The molecule has 1 saturated heterocycles. The first-order chi connectivity index (χ1) is 12.8. The molecule has 2 heterocycles. The zero-order valence-electron chi connectivity index (χ0n) is 14.2. The molecule has 0 bridgehead atoms. The van der Waals surface area contributed by atoms with Crippen molar-refractivity contribution in [3.05, 3.63) is 64.6 Å². The van der Waals surface area contributed by atoms with Crippen LogP contribution in [0.25, 0.3) is 5.69 Å². The summed E-state index contributed by atoms with van der Waals surface area (Å²) in [4.78, 5) is 2.24. The van der Waals surface area contributed by atoms with Crippen molar-refractivity contribution in [3.63, 3.8) is 0 Å². The van der Waals surface area contributed by atoms with Gasteiger partial charge in [0.25, 0.3) is 0 Å². The monoisotopic (exact) mass is 430 g/mol. The highest BCUT2D eigenvalue weighted by molar-refractivity contribution is 9.10. The number of morpholine rings is 1. The number of para-hydroxylation sites is 1. The number of anilines is 1. The summed E-state index contributed by atoms with van der Waals surface area (Å²) in [5.41, 5.74) is 2.32. The second-order valence-electron chi connectivity index (χ2n) is 5.93. The predicted molar refractivity (Wildman–Crippen MR) is 108 cm³/mol. The summed E-state index contributed by atoms with van der Waals surface area (Å²) in [5.74, 6) is 1.71. The van der Waals surface area contributed by atoms with E-state index in [-0.39, 0.29) is 0 Å². The summed E-state index contributed by atoms with van der Waals surface area (Å²) < 4.78 is 8.75. The van der Waals surface area contributed by atoms with Gasteiger partial charge in [-0.1, -0.05) is 64.1 Å². The summed E-state index contributed by atoms with van der Waals surface area (Å²) >= 11 is 5.32. The van der Waals surface area contributed by atoms with Gasteiger partial charge in [-0.2, -0.15) is 0 Å². The van der Waals surface area contributed by atoms with Crippen LogP contribution in [0.4, 0.5) is 5.95 Å². The van der Waals surface area contributed by atoms with E-state index in [1.807, 2.05) is 24.3 Å². The highest BCUT2D eigenvalue weighted by Crippen LogP contribution is 2.30. The lowest BCUT2D eigenvalue weighted by atomic mass is 10.2. The molecule has 4 rings (SSSR count). The number of hydrogen-bond acceptors (Lipinski definition) is 5. The van der Waals surface area contributed by atoms with Gasteiger partial charge in [-0.3, -0.25) is 4.57 Å². The minimum atomic E-state index is 0.723. The number of nitrogens with zero attached hydrogens (tertiary/aromatic N) is 4. The van der Waals surface area contributed by atoms with Crippen LogP contribution in [0.2, 0.25) is 0 Å². The first kappa shape index (κ1) is 17.6. The van der Waals surface area contributed by atoms with E-state index in [9.17, 15) is 0 Å². The fraction of sp³-hybridized carbons (Fsp3) is 0.263. The molecule has 0 saturated carbocycles. The van der Waals surface area contributed by atoms with Gasteiger partial charge in [0.15, 0.2) is 5.16 Å². The van der Waals surface area contributed by atoms with E-state index in [0.717, 1.165) is 53.3 Å². The molecule has 0 atom stereocenters. The van der Waals surface area contributed by atoms with E-state index in [4.69, 9.17) is 4.74 Å². The first-order valence-corrected chi connectivity index (χ1v) is 10.3. The molecule has 26 heavy (non-hydrogen) atoms. The van der Waals surface area contributed by atoms with E-state index >= 15 is 0 Å². The van der Waals surface area contributed by atoms with Gasteiger partial charge in [0.05, 0.1) is 18.9 Å². The quantitative estimate of drug-likeness (QED) is 0.568. The zero-order valence-corrected chi connectivity index (χ0v) is 16.6. The van der Waals surface area contributed by atoms with Crippen LogP contribution in [0.15, 0.2) is 64.2 Å². The molecular formula is C19H19BrN4OS. The lowest BCUT2D eigenvalue weighted by Gasteiger charge is -2.27. The Morgan fingerprint density at radius 2 is 1.69 bits per heavy atom. The standard InChI is InChI=1S/C19H19BrN4OS/c20-17-9-5-4-6-15(17)14-26-19-22-21-18(23-10-12-25-13-11-23)24(19)16-7-2-1-3-8-16/h1-9H,10-14H2. The molecule has 0 spiro atoms. The summed E-state index contributed by atoms with van der Waals surface area (Å²) in [7, 11) is 0. The maximum atomic E-state index is 5.48. The summed E-state index contributed by atoms with van der Waals surface area (Å²) in [6.07, 6.45) is 0. The number of ether oxygens (including phenoxy) is 1. The Labute approximate surface area is 165 Å². The molecule has 1 aromatic heterocycles. The third-order valence-electron chi connectivity index (χ3n) is 4.24. The number of halogens is 1. The molecule has 7 heteroatoms. The second-order valence-corrected chi connectivity index (χ2v) is 7.73. The topological polar surface area (TPSA) is 43.2 Å². The van der Waals surface area contributed by atoms with Crippen molar-refractivity contribution in [2.24, 2.45) is 0 Å². The van der Waals surface area contributed by atoms with Crippen molar-refractivity contribution in [1.29, 1.82) is 0 Å². The van der Waals surface area contributed by atoms with Crippen LogP contribution in [0.1, 0.15) is 5.56 Å². The summed E-state index contributed by atoms with van der Waals surface area (Å²) in [6, 6.07) is 18.6. The fourth-order valence-electron chi connectivity index (χ4n) is 2.88. The molecule has 3 aromatic rings. The first-order valence-electron chi connectivity index (χ1n) is 8.52. The largest absolute Gasteiger partial charge is 0.378 e. The van der Waals surface area contributed by atoms with Crippen LogP contribution in [0.3, 0.4) is 0 Å². The Balaban J connectivity index is 1.66. The van der Waals surface area contributed by atoms with E-state index in [1.165, 1.54) is 5.56 Å². The third kappa shape index (κ3) is 3.79. The van der Waals surface area contributed by atoms with E-state index in [1.54, 1.807) is 11.8 Å². The van der Waals surface area contributed by atoms with Crippen molar-refractivity contribution < 1.29 is 4.74 Å². The molecule has 0 N–H and O–H groups in total. The molecule has 5 nitrogen and oxygen atoms in total. The van der Waals surface area contributed by atoms with Crippen LogP contribution in [0, 0.1) is 0 Å². The number of benzene rings is 2. The molecule has 1 fully saturated rings. The van der Waals surface area contributed by atoms with Crippen molar-refractivity contribution in [2.45, 2.75) is 10.9 Å². The number of aromatic nitrogens is 3. The van der Waals surface area contributed by atoms with E-state index < -0.39 is 0 Å². The lowest BCUT2D eigenvalue weighted by molar-refractivity contribution is 0.122. The Kier molecular flexibility index (Phi) is 5.57. The predicted octanol–water partition coefficient (Wildman–Crippen LogP) is 4.16. The van der Waals surface area contributed by atoms with Gasteiger partial charge < -0.3 is 9.64 Å². The molecule has 0 aliphatic carbocycles. The Bertz CT molecular complexity index is 865. The maximum absolute atomic E-state index is 5.48. The molecule has 134 valence electrons. The van der Waals surface area contributed by atoms with Crippen molar-refractivity contribution in [1.82, 2.24) is 14.8 Å². The molecule has 2 aromatic carbocycles. The number of hydrogen-bond donors (Lipinski definition) is 0. The fourth-order valence-corrected chi connectivity index (χ4v) is 4.45. The van der Waals surface area contributed by atoms with Gasteiger partial charge in [-0.25, -0.2) is 0 Å². The Morgan fingerprint density at radius 1 is 0.962 bits per heavy atom. The van der Waals surface area contributed by atoms with Crippen molar-refractivity contribution in [2.75, 3.05) is 31.2 Å². The highest BCUT2D eigenvalue weighted by atomic mass is 79.9. The third-order valence-corrected chi connectivity index (χ3v) is 5.99. The summed E-state index contributed by atoms with van der Waals surface area (Å²) in [6.45, 7) is 3.11.